The average Bonchev–Trinajstić information content (AvgIpc) is 1.86. The van der Waals surface area contributed by atoms with Gasteiger partial charge in [0.25, 0.3) is 5.92 Å². The van der Waals surface area contributed by atoms with Crippen LogP contribution < -0.4 is 5.73 Å². The summed E-state index contributed by atoms with van der Waals surface area (Å²) in [7, 11) is 0. The highest BCUT2D eigenvalue weighted by Crippen LogP contribution is 2.18. The van der Waals surface area contributed by atoms with Crippen LogP contribution in [0, 0.1) is 0 Å². The number of alkyl halides is 2. The smallest absolute Gasteiger partial charge is 0.285 e. The van der Waals surface area contributed by atoms with Gasteiger partial charge in [-0.05, 0) is 6.42 Å². The Kier molecular flexibility index (Phi) is 3.00. The highest BCUT2D eigenvalue weighted by Gasteiger charge is 2.34. The molecule has 0 aromatic rings. The Hall–Kier alpha value is -0.220. The first kappa shape index (κ1) is 8.78. The standard InChI is InChI=1S/C5H11F2NO/c1-2-4(9)5(6,7)3-8/h4,9H,2-3,8H2,1H3. The summed E-state index contributed by atoms with van der Waals surface area (Å²) >= 11 is 0. The lowest BCUT2D eigenvalue weighted by molar-refractivity contribution is -0.101. The third-order valence-electron chi connectivity index (χ3n) is 1.15. The minimum absolute atomic E-state index is 0.0319. The van der Waals surface area contributed by atoms with Crippen LogP contribution in [0.25, 0.3) is 0 Å². The number of aliphatic hydroxyl groups excluding tert-OH is 1. The van der Waals surface area contributed by atoms with Gasteiger partial charge < -0.3 is 10.8 Å². The van der Waals surface area contributed by atoms with Crippen molar-refractivity contribution in [2.24, 2.45) is 5.73 Å². The summed E-state index contributed by atoms with van der Waals surface area (Å²) in [5, 5.41) is 8.56. The molecule has 0 saturated heterocycles. The summed E-state index contributed by atoms with van der Waals surface area (Å²) in [5.41, 5.74) is 4.67. The van der Waals surface area contributed by atoms with Crippen LogP contribution in [0.5, 0.6) is 0 Å². The Morgan fingerprint density at radius 2 is 2.11 bits per heavy atom. The molecular weight excluding hydrogens is 128 g/mol. The van der Waals surface area contributed by atoms with Crippen molar-refractivity contribution < 1.29 is 13.9 Å². The van der Waals surface area contributed by atoms with Gasteiger partial charge in [0.1, 0.15) is 6.10 Å². The van der Waals surface area contributed by atoms with Crippen molar-refractivity contribution in [3.8, 4) is 0 Å². The van der Waals surface area contributed by atoms with Crippen molar-refractivity contribution in [1.82, 2.24) is 0 Å². The van der Waals surface area contributed by atoms with Gasteiger partial charge in [0.15, 0.2) is 0 Å². The van der Waals surface area contributed by atoms with Crippen molar-refractivity contribution in [3.63, 3.8) is 0 Å². The summed E-state index contributed by atoms with van der Waals surface area (Å²) in [6.07, 6.45) is -1.56. The van der Waals surface area contributed by atoms with E-state index in [1.54, 1.807) is 0 Å². The molecule has 0 amide bonds. The van der Waals surface area contributed by atoms with Gasteiger partial charge in [0.2, 0.25) is 0 Å². The van der Waals surface area contributed by atoms with Gasteiger partial charge >= 0.3 is 0 Å². The molecule has 0 radical (unpaired) electrons. The molecule has 0 rings (SSSR count). The first-order chi connectivity index (χ1) is 4.04. The van der Waals surface area contributed by atoms with Crippen LogP contribution in [0.2, 0.25) is 0 Å². The van der Waals surface area contributed by atoms with Crippen LogP contribution in [-0.2, 0) is 0 Å². The zero-order chi connectivity index (χ0) is 7.49. The fraction of sp³-hybridized carbons (Fsp3) is 1.00. The first-order valence-corrected chi connectivity index (χ1v) is 2.80. The second kappa shape index (κ2) is 3.08. The second-order valence-corrected chi connectivity index (χ2v) is 1.89. The molecule has 56 valence electrons. The van der Waals surface area contributed by atoms with Crippen molar-refractivity contribution in [2.45, 2.75) is 25.4 Å². The zero-order valence-electron chi connectivity index (χ0n) is 5.27. The molecule has 0 aromatic carbocycles. The van der Waals surface area contributed by atoms with Crippen LogP contribution in [-0.4, -0.2) is 23.7 Å². The largest absolute Gasteiger partial charge is 0.387 e. The van der Waals surface area contributed by atoms with Crippen molar-refractivity contribution >= 4 is 0 Å². The van der Waals surface area contributed by atoms with Crippen LogP contribution in [0.3, 0.4) is 0 Å². The molecule has 4 heteroatoms. The minimum Gasteiger partial charge on any atom is -0.387 e. The Morgan fingerprint density at radius 1 is 1.67 bits per heavy atom. The third kappa shape index (κ3) is 2.24. The molecule has 2 nitrogen and oxygen atoms in total. The minimum atomic E-state index is -3.12. The third-order valence-corrected chi connectivity index (χ3v) is 1.15. The predicted octanol–water partition coefficient (Wildman–Crippen LogP) is 0.351. The summed E-state index contributed by atoms with van der Waals surface area (Å²) in [5.74, 6) is -3.12. The predicted molar refractivity (Wildman–Crippen MR) is 30.3 cm³/mol. The maximum Gasteiger partial charge on any atom is 0.285 e. The van der Waals surface area contributed by atoms with E-state index in [2.05, 4.69) is 5.73 Å². The molecule has 0 spiro atoms. The number of hydrogen-bond donors (Lipinski definition) is 2. The Labute approximate surface area is 52.7 Å². The van der Waals surface area contributed by atoms with E-state index in [9.17, 15) is 8.78 Å². The number of hydrogen-bond acceptors (Lipinski definition) is 2. The maximum atomic E-state index is 12.2. The monoisotopic (exact) mass is 139 g/mol. The van der Waals surface area contributed by atoms with Gasteiger partial charge in [0.05, 0.1) is 6.54 Å². The van der Waals surface area contributed by atoms with Gasteiger partial charge in [-0.3, -0.25) is 0 Å². The molecule has 1 unspecified atom stereocenters. The normalized spacial score (nSPS) is 15.7. The van der Waals surface area contributed by atoms with Gasteiger partial charge in [-0.1, -0.05) is 6.92 Å². The van der Waals surface area contributed by atoms with Crippen molar-refractivity contribution in [1.29, 1.82) is 0 Å². The topological polar surface area (TPSA) is 46.2 Å². The lowest BCUT2D eigenvalue weighted by Crippen LogP contribution is -2.40. The molecule has 0 saturated carbocycles. The molecular formula is C5H11F2NO. The Bertz CT molecular complexity index is 87.0. The molecule has 0 aliphatic heterocycles. The highest BCUT2D eigenvalue weighted by molar-refractivity contribution is 4.75. The van der Waals surface area contributed by atoms with Crippen molar-refractivity contribution in [3.05, 3.63) is 0 Å². The average molecular weight is 139 g/mol. The van der Waals surface area contributed by atoms with Gasteiger partial charge in [0, 0.05) is 0 Å². The molecule has 0 fully saturated rings. The van der Waals surface area contributed by atoms with Crippen LogP contribution in [0.4, 0.5) is 8.78 Å². The summed E-state index contributed by atoms with van der Waals surface area (Å²) in [6.45, 7) is 0.691. The number of halogens is 2. The molecule has 0 aliphatic carbocycles. The number of nitrogens with two attached hydrogens (primary N) is 1. The second-order valence-electron chi connectivity index (χ2n) is 1.89. The molecule has 3 N–H and O–H groups in total. The highest BCUT2D eigenvalue weighted by atomic mass is 19.3. The van der Waals surface area contributed by atoms with Crippen LogP contribution in [0.15, 0.2) is 0 Å². The Balaban J connectivity index is 3.80. The molecule has 0 aliphatic rings. The van der Waals surface area contributed by atoms with E-state index in [1.807, 2.05) is 0 Å². The summed E-state index contributed by atoms with van der Waals surface area (Å²) in [4.78, 5) is 0. The van der Waals surface area contributed by atoms with E-state index in [4.69, 9.17) is 5.11 Å². The van der Waals surface area contributed by atoms with E-state index in [0.717, 1.165) is 0 Å². The molecule has 0 aromatic heterocycles. The fourth-order valence-corrected chi connectivity index (χ4v) is 0.435. The molecule has 0 bridgehead atoms. The van der Waals surface area contributed by atoms with Crippen molar-refractivity contribution in [2.75, 3.05) is 6.54 Å². The van der Waals surface area contributed by atoms with E-state index >= 15 is 0 Å². The molecule has 0 heterocycles. The Morgan fingerprint density at radius 3 is 2.22 bits per heavy atom. The summed E-state index contributed by atoms with van der Waals surface area (Å²) < 4.78 is 24.3. The van der Waals surface area contributed by atoms with Gasteiger partial charge in [-0.2, -0.15) is 0 Å². The van der Waals surface area contributed by atoms with E-state index in [0.29, 0.717) is 0 Å². The van der Waals surface area contributed by atoms with Crippen LogP contribution in [0.1, 0.15) is 13.3 Å². The number of aliphatic hydroxyl groups is 1. The van der Waals surface area contributed by atoms with Gasteiger partial charge in [-0.25, -0.2) is 8.78 Å². The first-order valence-electron chi connectivity index (χ1n) is 2.80. The van der Waals surface area contributed by atoms with Crippen LogP contribution >= 0.6 is 0 Å². The molecule has 1 atom stereocenters. The van der Waals surface area contributed by atoms with E-state index in [-0.39, 0.29) is 6.42 Å². The van der Waals surface area contributed by atoms with Gasteiger partial charge in [-0.15, -0.1) is 0 Å². The number of rotatable bonds is 3. The lowest BCUT2D eigenvalue weighted by atomic mass is 10.1. The quantitative estimate of drug-likeness (QED) is 0.592. The maximum absolute atomic E-state index is 12.2. The van der Waals surface area contributed by atoms with E-state index < -0.39 is 18.6 Å². The lowest BCUT2D eigenvalue weighted by Gasteiger charge is -2.18. The molecule has 9 heavy (non-hydrogen) atoms. The fourth-order valence-electron chi connectivity index (χ4n) is 0.435. The summed E-state index contributed by atoms with van der Waals surface area (Å²) in [6, 6.07) is 0. The van der Waals surface area contributed by atoms with E-state index in [1.165, 1.54) is 6.92 Å². The zero-order valence-corrected chi connectivity index (χ0v) is 5.27. The SMILES string of the molecule is CCC(O)C(F)(F)CN.